The third-order valence-electron chi connectivity index (χ3n) is 0.179. The Morgan fingerprint density at radius 1 is 2.00 bits per heavy atom. The molecule has 0 aromatic carbocycles. The first-order valence-corrected chi connectivity index (χ1v) is 2.08. The van der Waals surface area contributed by atoms with Gasteiger partial charge in [-0.1, -0.05) is 0 Å². The Kier molecular flexibility index (Phi) is 3.55. The second kappa shape index (κ2) is 4.10. The van der Waals surface area contributed by atoms with Crippen LogP contribution in [0.1, 0.15) is 0 Å². The fourth-order valence-corrected chi connectivity index (χ4v) is 0.191. The summed E-state index contributed by atoms with van der Waals surface area (Å²) < 4.78 is 6.40. The topological polar surface area (TPSA) is 99.7 Å². The zero-order valence-corrected chi connectivity index (χ0v) is 4.34. The van der Waals surface area contributed by atoms with Crippen LogP contribution in [0.15, 0.2) is 4.52 Å². The number of rotatable bonds is 2. The van der Waals surface area contributed by atoms with Crippen LogP contribution in [0.3, 0.4) is 0 Å². The van der Waals surface area contributed by atoms with Crippen molar-refractivity contribution in [3.8, 4) is 0 Å². The monoisotopic (exact) mass is 135 g/mol. The lowest BCUT2D eigenvalue weighted by atomic mass is 11.5. The highest BCUT2D eigenvalue weighted by atomic mass is 32.2. The van der Waals surface area contributed by atoms with Gasteiger partial charge in [-0.15, -0.1) is 0 Å². The van der Waals surface area contributed by atoms with Crippen LogP contribution < -0.4 is 10.0 Å². The van der Waals surface area contributed by atoms with Crippen LogP contribution in [0.4, 0.5) is 4.79 Å². The predicted molar refractivity (Wildman–Crippen MR) is 21.4 cm³/mol. The molecule has 0 rings (SSSR count). The molecule has 0 aliphatic rings. The van der Waals surface area contributed by atoms with Crippen LogP contribution in [-0.4, -0.2) is 6.16 Å². The number of hydrogen-bond donors (Lipinski definition) is 1. The molecule has 0 saturated heterocycles. The Morgan fingerprint density at radius 2 is 2.62 bits per heavy atom. The van der Waals surface area contributed by atoms with Crippen molar-refractivity contribution in [2.75, 3.05) is 0 Å². The van der Waals surface area contributed by atoms with Crippen molar-refractivity contribution in [1.82, 2.24) is 4.91 Å². The zero-order chi connectivity index (χ0) is 6.41. The van der Waals surface area contributed by atoms with Crippen molar-refractivity contribution >= 4 is 18.4 Å². The molecule has 7 heteroatoms. The summed E-state index contributed by atoms with van der Waals surface area (Å²) in [6.07, 6.45) is -1.71. The first-order chi connectivity index (χ1) is 3.77. The molecule has 0 aliphatic carbocycles. The molecule has 0 spiro atoms. The van der Waals surface area contributed by atoms with Gasteiger partial charge < -0.3 is 14.1 Å². The lowest BCUT2D eigenvalue weighted by Gasteiger charge is -1.92. The Labute approximate surface area is 48.4 Å². The molecular weight excluding hydrogens is 134 g/mol. The molecule has 0 atom stereocenters. The fourth-order valence-electron chi connectivity index (χ4n) is 0.0638. The van der Waals surface area contributed by atoms with Crippen LogP contribution >= 0.6 is 12.2 Å². The van der Waals surface area contributed by atoms with E-state index in [0.29, 0.717) is 0 Å². The van der Waals surface area contributed by atoms with Crippen LogP contribution in [-0.2, 0) is 4.18 Å². The summed E-state index contributed by atoms with van der Waals surface area (Å²) in [5, 5.41) is 9.36. The van der Waals surface area contributed by atoms with Crippen LogP contribution in [0.25, 0.3) is 0 Å². The highest BCUT2D eigenvalue weighted by molar-refractivity contribution is 7.93. The lowest BCUT2D eigenvalue weighted by molar-refractivity contribution is -0.269. The number of carboxylic acid groups (broad SMARTS) is 1. The zero-order valence-electron chi connectivity index (χ0n) is 3.53. The molecule has 0 bridgehead atoms. The van der Waals surface area contributed by atoms with Gasteiger partial charge in [0.15, 0.2) is 0 Å². The Balaban J connectivity index is 3.18. The minimum Gasteiger partial charge on any atom is -0.457 e. The predicted octanol–water partition coefficient (Wildman–Crippen LogP) is -0.540. The Bertz CT molecular complexity index is 126. The van der Waals surface area contributed by atoms with Gasteiger partial charge in [-0.25, -0.2) is 0 Å². The van der Waals surface area contributed by atoms with Gasteiger partial charge in [0.05, 0.1) is 0 Å². The molecule has 0 aromatic heterocycles. The van der Waals surface area contributed by atoms with E-state index in [1.165, 1.54) is 0 Å². The van der Waals surface area contributed by atoms with E-state index in [4.69, 9.17) is 5.53 Å². The average Bonchev–Trinajstić information content (AvgIpc) is 1.66. The second-order valence-corrected chi connectivity index (χ2v) is 1.07. The van der Waals surface area contributed by atoms with Gasteiger partial charge in [-0.3, -0.25) is 0 Å². The van der Waals surface area contributed by atoms with Crippen LogP contribution in [0, 0.1) is 5.53 Å². The molecule has 6 nitrogen and oxygen atoms in total. The SMILES string of the molecule is N=[N+]=NSOC(=O)[O-]. The fraction of sp³-hybridized carbons (Fsp3) is 0. The van der Waals surface area contributed by atoms with Crippen molar-refractivity contribution in [2.24, 2.45) is 4.52 Å². The van der Waals surface area contributed by atoms with E-state index in [1.807, 2.05) is 0 Å². The second-order valence-electron chi connectivity index (χ2n) is 0.590. The summed E-state index contributed by atoms with van der Waals surface area (Å²) in [5.74, 6) is 0. The largest absolute Gasteiger partial charge is 0.457 e. The van der Waals surface area contributed by atoms with Crippen molar-refractivity contribution in [3.63, 3.8) is 0 Å². The van der Waals surface area contributed by atoms with Gasteiger partial charge in [0.25, 0.3) is 6.16 Å². The molecule has 0 aliphatic heterocycles. The van der Waals surface area contributed by atoms with Gasteiger partial charge in [0, 0.05) is 0 Å². The minimum atomic E-state index is -1.71. The van der Waals surface area contributed by atoms with Gasteiger partial charge in [-0.05, 0) is 0 Å². The Morgan fingerprint density at radius 3 is 3.00 bits per heavy atom. The highest BCUT2D eigenvalue weighted by Crippen LogP contribution is 1.98. The lowest BCUT2D eigenvalue weighted by Crippen LogP contribution is -2.20. The van der Waals surface area contributed by atoms with Gasteiger partial charge in [0.2, 0.25) is 21.7 Å². The average molecular weight is 135 g/mol. The van der Waals surface area contributed by atoms with E-state index >= 15 is 0 Å². The maximum absolute atomic E-state index is 9.36. The third-order valence-corrected chi connectivity index (χ3v) is 0.538. The quantitative estimate of drug-likeness (QED) is 0.238. The number of nitrogens with one attached hydrogen (secondary N) is 1. The van der Waals surface area contributed by atoms with E-state index in [9.17, 15) is 9.90 Å². The molecule has 0 fully saturated rings. The number of carbonyl (C=O) groups excluding carboxylic acids is 1. The molecule has 44 valence electrons. The first kappa shape index (κ1) is 6.93. The maximum Gasteiger partial charge on any atom is 0.264 e. The van der Waals surface area contributed by atoms with E-state index < -0.39 is 6.16 Å². The van der Waals surface area contributed by atoms with Gasteiger partial charge >= 0.3 is 0 Å². The van der Waals surface area contributed by atoms with Crippen molar-refractivity contribution in [1.29, 1.82) is 5.53 Å². The third kappa shape index (κ3) is 4.93. The van der Waals surface area contributed by atoms with Gasteiger partial charge in [0.1, 0.15) is 5.53 Å². The summed E-state index contributed by atoms with van der Waals surface area (Å²) in [7, 11) is 0. The summed E-state index contributed by atoms with van der Waals surface area (Å²) in [4.78, 5) is 11.8. The van der Waals surface area contributed by atoms with Crippen molar-refractivity contribution < 1.29 is 14.1 Å². The molecular formula is CHN3O3S. The Hall–Kier alpha value is -1.07. The van der Waals surface area contributed by atoms with E-state index in [1.54, 1.807) is 0 Å². The molecule has 0 saturated carbocycles. The molecule has 0 aromatic rings. The number of hydrogen-bond acceptors (Lipinski definition) is 6. The molecule has 1 N–H and O–H groups in total. The maximum atomic E-state index is 9.36. The summed E-state index contributed by atoms with van der Waals surface area (Å²) >= 11 is 0.170. The number of nitrogens with zero attached hydrogens (tertiary/aromatic N) is 2. The van der Waals surface area contributed by atoms with E-state index in [2.05, 4.69) is 13.6 Å². The first-order valence-electron chi connectivity index (χ1n) is 1.39. The van der Waals surface area contributed by atoms with Crippen molar-refractivity contribution in [2.45, 2.75) is 0 Å². The smallest absolute Gasteiger partial charge is 0.264 e. The molecule has 0 radical (unpaired) electrons. The van der Waals surface area contributed by atoms with Crippen LogP contribution in [0.2, 0.25) is 0 Å². The molecule has 8 heavy (non-hydrogen) atoms. The normalized spacial score (nSPS) is 7.00. The summed E-state index contributed by atoms with van der Waals surface area (Å²) in [6, 6.07) is 0. The highest BCUT2D eigenvalue weighted by Gasteiger charge is 1.84. The molecule has 0 heterocycles. The molecule has 0 unspecified atom stereocenters. The van der Waals surface area contributed by atoms with Crippen LogP contribution in [0.5, 0.6) is 0 Å². The molecule has 0 amide bonds. The van der Waals surface area contributed by atoms with Gasteiger partial charge in [-0.2, -0.15) is 0 Å². The van der Waals surface area contributed by atoms with E-state index in [0.717, 1.165) is 0 Å². The minimum absolute atomic E-state index is 0.170. The summed E-state index contributed by atoms with van der Waals surface area (Å²) in [6.45, 7) is 0. The summed E-state index contributed by atoms with van der Waals surface area (Å²) in [5.41, 5.74) is 5.99. The van der Waals surface area contributed by atoms with E-state index in [-0.39, 0.29) is 12.2 Å². The van der Waals surface area contributed by atoms with Crippen molar-refractivity contribution in [3.05, 3.63) is 0 Å². The standard InChI is InChI=1S/CHN3O3S/c2-3-4-8-7-1(5)6/h2H. The number of carbonyl (C=O) groups is 1.